The maximum Gasteiger partial charge on any atom is 0.358 e. The molecule has 0 spiro atoms. The molecular formula is C8H11ClN2O3. The van der Waals surface area contributed by atoms with E-state index in [1.54, 1.807) is 6.92 Å². The third-order valence-electron chi connectivity index (χ3n) is 1.33. The number of halogens is 1. The summed E-state index contributed by atoms with van der Waals surface area (Å²) in [6.45, 7) is 3.07. The Bertz CT molecular complexity index is 308. The van der Waals surface area contributed by atoms with Crippen LogP contribution in [0.15, 0.2) is 21.4 Å². The highest BCUT2D eigenvalue weighted by atomic mass is 35.5. The van der Waals surface area contributed by atoms with E-state index in [9.17, 15) is 4.79 Å². The average Bonchev–Trinajstić information content (AvgIpc) is 2.23. The summed E-state index contributed by atoms with van der Waals surface area (Å²) in [7, 11) is 1.20. The minimum absolute atomic E-state index is 0.0388. The zero-order chi connectivity index (χ0) is 11.1. The second kappa shape index (κ2) is 6.15. The molecule has 0 rings (SSSR count). The molecule has 14 heavy (non-hydrogen) atoms. The van der Waals surface area contributed by atoms with Gasteiger partial charge in [-0.25, -0.2) is 9.79 Å². The van der Waals surface area contributed by atoms with Gasteiger partial charge in [0.15, 0.2) is 5.71 Å². The number of oxime groups is 1. The van der Waals surface area contributed by atoms with Crippen molar-refractivity contribution in [1.29, 1.82) is 0 Å². The summed E-state index contributed by atoms with van der Waals surface area (Å²) < 4.78 is 4.43. The Kier molecular flexibility index (Phi) is 5.55. The van der Waals surface area contributed by atoms with E-state index in [0.29, 0.717) is 0 Å². The number of ether oxygens (including phenoxy) is 1. The van der Waals surface area contributed by atoms with Crippen molar-refractivity contribution >= 4 is 29.0 Å². The fourth-order valence-corrected chi connectivity index (χ4v) is 0.674. The van der Waals surface area contributed by atoms with Crippen LogP contribution in [-0.4, -0.2) is 29.7 Å². The van der Waals surface area contributed by atoms with Crippen LogP contribution in [0, 0.1) is 0 Å². The minimum Gasteiger partial charge on any atom is -0.464 e. The van der Waals surface area contributed by atoms with Crippen molar-refractivity contribution in [3.8, 4) is 0 Å². The van der Waals surface area contributed by atoms with E-state index in [4.69, 9.17) is 16.8 Å². The van der Waals surface area contributed by atoms with Gasteiger partial charge >= 0.3 is 5.97 Å². The van der Waals surface area contributed by atoms with Crippen molar-refractivity contribution in [1.82, 2.24) is 0 Å². The van der Waals surface area contributed by atoms with Gasteiger partial charge < -0.3 is 9.94 Å². The summed E-state index contributed by atoms with van der Waals surface area (Å²) in [6, 6.07) is 0. The summed E-state index contributed by atoms with van der Waals surface area (Å²) in [5, 5.41) is 11.4. The number of hydrogen-bond acceptors (Lipinski definition) is 5. The molecule has 0 saturated heterocycles. The standard InChI is InChI=1S/C8H11ClN2O3/c1-4-6(9)10-7(5(2)11-13)8(12)14-3/h4,13H,1-3H3/b6-4-,10-7+,11-5+. The van der Waals surface area contributed by atoms with Gasteiger partial charge in [0.1, 0.15) is 10.9 Å². The molecule has 78 valence electrons. The molecule has 0 bridgehead atoms. The van der Waals surface area contributed by atoms with E-state index in [0.717, 1.165) is 0 Å². The third kappa shape index (κ3) is 3.57. The second-order valence-corrected chi connectivity index (χ2v) is 2.64. The van der Waals surface area contributed by atoms with Gasteiger partial charge in [-0.05, 0) is 13.8 Å². The molecule has 1 N–H and O–H groups in total. The highest BCUT2D eigenvalue weighted by Crippen LogP contribution is 2.04. The highest BCUT2D eigenvalue weighted by molar-refractivity contribution is 6.65. The molecule has 0 saturated carbocycles. The monoisotopic (exact) mass is 218 g/mol. The molecule has 0 fully saturated rings. The Labute approximate surface area is 86.7 Å². The Balaban J connectivity index is 5.11. The molecule has 0 aromatic rings. The maximum absolute atomic E-state index is 11.1. The molecule has 0 aliphatic carbocycles. The van der Waals surface area contributed by atoms with Gasteiger partial charge in [-0.1, -0.05) is 22.8 Å². The van der Waals surface area contributed by atoms with Crippen molar-refractivity contribution in [3.63, 3.8) is 0 Å². The number of esters is 1. The summed E-state index contributed by atoms with van der Waals surface area (Å²) in [5.74, 6) is -0.708. The lowest BCUT2D eigenvalue weighted by molar-refractivity contribution is -0.132. The normalized spacial score (nSPS) is 14.1. The quantitative estimate of drug-likeness (QED) is 0.257. The highest BCUT2D eigenvalue weighted by Gasteiger charge is 2.16. The number of aliphatic imine (C=N–C) groups is 1. The first-order valence-corrected chi connectivity index (χ1v) is 4.12. The molecule has 5 nitrogen and oxygen atoms in total. The summed E-state index contributed by atoms with van der Waals surface area (Å²) in [6.07, 6.45) is 1.50. The van der Waals surface area contributed by atoms with Crippen LogP contribution < -0.4 is 0 Å². The van der Waals surface area contributed by atoms with Crippen molar-refractivity contribution in [3.05, 3.63) is 11.2 Å². The van der Waals surface area contributed by atoms with Crippen LogP contribution in [0.25, 0.3) is 0 Å². The Morgan fingerprint density at radius 3 is 2.50 bits per heavy atom. The van der Waals surface area contributed by atoms with Crippen LogP contribution in [0.2, 0.25) is 0 Å². The van der Waals surface area contributed by atoms with E-state index in [2.05, 4.69) is 14.9 Å². The SMILES string of the molecule is C\C=C(Cl)/N=C(C(=O)OC)\C(C)=N\O. The Hall–Kier alpha value is -1.36. The van der Waals surface area contributed by atoms with Gasteiger partial charge in [0.2, 0.25) is 0 Å². The van der Waals surface area contributed by atoms with E-state index in [1.807, 2.05) is 0 Å². The first kappa shape index (κ1) is 12.6. The van der Waals surface area contributed by atoms with E-state index in [-0.39, 0.29) is 16.6 Å². The molecule has 6 heteroatoms. The fourth-order valence-electron chi connectivity index (χ4n) is 0.590. The number of allylic oxidation sites excluding steroid dienone is 1. The van der Waals surface area contributed by atoms with Gasteiger partial charge in [-0.3, -0.25) is 0 Å². The topological polar surface area (TPSA) is 71.2 Å². The zero-order valence-electron chi connectivity index (χ0n) is 8.11. The maximum atomic E-state index is 11.1. The van der Waals surface area contributed by atoms with Crippen molar-refractivity contribution < 1.29 is 14.7 Å². The summed E-state index contributed by atoms with van der Waals surface area (Å²) >= 11 is 5.59. The van der Waals surface area contributed by atoms with Crippen LogP contribution in [-0.2, 0) is 9.53 Å². The molecule has 0 radical (unpaired) electrons. The lowest BCUT2D eigenvalue weighted by Crippen LogP contribution is -2.23. The largest absolute Gasteiger partial charge is 0.464 e. The number of methoxy groups -OCH3 is 1. The van der Waals surface area contributed by atoms with Crippen molar-refractivity contribution in [2.24, 2.45) is 10.1 Å². The van der Waals surface area contributed by atoms with E-state index in [1.165, 1.54) is 20.1 Å². The van der Waals surface area contributed by atoms with Crippen LogP contribution in [0.1, 0.15) is 13.8 Å². The van der Waals surface area contributed by atoms with Gasteiger partial charge in [-0.15, -0.1) is 0 Å². The fraction of sp³-hybridized carbons (Fsp3) is 0.375. The summed E-state index contributed by atoms with van der Waals surface area (Å²) in [5.41, 5.74) is -0.0880. The predicted octanol–water partition coefficient (Wildman–Crippen LogP) is 1.55. The van der Waals surface area contributed by atoms with E-state index >= 15 is 0 Å². The molecule has 0 unspecified atom stereocenters. The minimum atomic E-state index is -0.708. The molecular weight excluding hydrogens is 208 g/mol. The number of nitrogens with zero attached hydrogens (tertiary/aromatic N) is 2. The first-order valence-electron chi connectivity index (χ1n) is 3.74. The van der Waals surface area contributed by atoms with Crippen LogP contribution >= 0.6 is 11.6 Å². The van der Waals surface area contributed by atoms with Gasteiger partial charge in [0.05, 0.1) is 7.11 Å². The predicted molar refractivity (Wildman–Crippen MR) is 54.0 cm³/mol. The van der Waals surface area contributed by atoms with Crippen molar-refractivity contribution in [2.45, 2.75) is 13.8 Å². The van der Waals surface area contributed by atoms with Gasteiger partial charge in [0.25, 0.3) is 0 Å². The Morgan fingerprint density at radius 1 is 1.57 bits per heavy atom. The van der Waals surface area contributed by atoms with Crippen LogP contribution in [0.5, 0.6) is 0 Å². The second-order valence-electron chi connectivity index (χ2n) is 2.25. The number of rotatable bonds is 3. The van der Waals surface area contributed by atoms with Gasteiger partial charge in [0, 0.05) is 0 Å². The molecule has 0 aromatic heterocycles. The zero-order valence-corrected chi connectivity index (χ0v) is 8.87. The van der Waals surface area contributed by atoms with E-state index < -0.39 is 5.97 Å². The number of hydrogen-bond donors (Lipinski definition) is 1. The smallest absolute Gasteiger partial charge is 0.358 e. The van der Waals surface area contributed by atoms with Crippen LogP contribution in [0.4, 0.5) is 0 Å². The Morgan fingerprint density at radius 2 is 2.14 bits per heavy atom. The number of carbonyl (C=O) groups excluding carboxylic acids is 1. The third-order valence-corrected chi connectivity index (χ3v) is 1.63. The number of carbonyl (C=O) groups is 1. The van der Waals surface area contributed by atoms with Crippen LogP contribution in [0.3, 0.4) is 0 Å². The van der Waals surface area contributed by atoms with Crippen molar-refractivity contribution in [2.75, 3.05) is 7.11 Å². The molecule has 0 aliphatic rings. The molecule has 0 aliphatic heterocycles. The molecule has 0 aromatic carbocycles. The first-order chi connectivity index (χ1) is 6.56. The van der Waals surface area contributed by atoms with Gasteiger partial charge in [-0.2, -0.15) is 0 Å². The molecule has 0 heterocycles. The molecule has 0 atom stereocenters. The summed E-state index contributed by atoms with van der Waals surface area (Å²) in [4.78, 5) is 14.8. The lowest BCUT2D eigenvalue weighted by atomic mass is 10.2. The molecule has 0 amide bonds. The lowest BCUT2D eigenvalue weighted by Gasteiger charge is -2.01. The average molecular weight is 219 g/mol.